The van der Waals surface area contributed by atoms with Gasteiger partial charge in [-0.15, -0.1) is 0 Å². The Labute approximate surface area is 95.8 Å². The molecule has 0 radical (unpaired) electrons. The monoisotopic (exact) mass is 233 g/mol. The van der Waals surface area contributed by atoms with Crippen molar-refractivity contribution in [2.24, 2.45) is 11.3 Å². The van der Waals surface area contributed by atoms with Gasteiger partial charge in [0.05, 0.1) is 0 Å². The highest BCUT2D eigenvalue weighted by Gasteiger charge is 2.31. The van der Waals surface area contributed by atoms with Crippen molar-refractivity contribution in [3.8, 4) is 0 Å². The van der Waals surface area contributed by atoms with E-state index >= 15 is 0 Å². The molecule has 0 atom stereocenters. The summed E-state index contributed by atoms with van der Waals surface area (Å²) in [6.07, 6.45) is 0.774. The standard InChI is InChI=1S/C12H21F2NO/c1-12(2,3)8-4-6-9(7-5-8)15-11(16)10(13)14/h8-10H,4-7H2,1-3H3,(H,15,16). The van der Waals surface area contributed by atoms with Crippen LogP contribution in [-0.2, 0) is 4.79 Å². The van der Waals surface area contributed by atoms with Crippen LogP contribution in [-0.4, -0.2) is 18.4 Å². The summed E-state index contributed by atoms with van der Waals surface area (Å²) < 4.78 is 24.1. The van der Waals surface area contributed by atoms with Gasteiger partial charge in [-0.25, -0.2) is 0 Å². The van der Waals surface area contributed by atoms with Gasteiger partial charge in [-0.3, -0.25) is 4.79 Å². The minimum absolute atomic E-state index is 0.0555. The van der Waals surface area contributed by atoms with Gasteiger partial charge in [0, 0.05) is 6.04 Å². The normalized spacial score (nSPS) is 26.9. The van der Waals surface area contributed by atoms with Crippen LogP contribution >= 0.6 is 0 Å². The van der Waals surface area contributed by atoms with Gasteiger partial charge in [-0.05, 0) is 37.0 Å². The molecule has 94 valence electrons. The van der Waals surface area contributed by atoms with Crippen molar-refractivity contribution in [2.75, 3.05) is 0 Å². The van der Waals surface area contributed by atoms with Crippen LogP contribution in [0.5, 0.6) is 0 Å². The molecule has 0 aliphatic heterocycles. The van der Waals surface area contributed by atoms with Crippen molar-refractivity contribution in [1.82, 2.24) is 5.32 Å². The zero-order valence-electron chi connectivity index (χ0n) is 10.2. The topological polar surface area (TPSA) is 29.1 Å². The van der Waals surface area contributed by atoms with Crippen molar-refractivity contribution in [2.45, 2.75) is 58.9 Å². The summed E-state index contributed by atoms with van der Waals surface area (Å²) in [6, 6.07) is -0.0555. The summed E-state index contributed by atoms with van der Waals surface area (Å²) in [5.41, 5.74) is 0.275. The Morgan fingerprint density at radius 3 is 2.06 bits per heavy atom. The molecule has 1 amide bonds. The second-order valence-electron chi connectivity index (χ2n) is 5.72. The number of alkyl halides is 2. The Hall–Kier alpha value is -0.670. The number of hydrogen-bond donors (Lipinski definition) is 1. The second-order valence-corrected chi connectivity index (χ2v) is 5.72. The van der Waals surface area contributed by atoms with Gasteiger partial charge in [0.25, 0.3) is 5.91 Å². The summed E-state index contributed by atoms with van der Waals surface area (Å²) >= 11 is 0. The van der Waals surface area contributed by atoms with Gasteiger partial charge in [-0.2, -0.15) is 8.78 Å². The van der Waals surface area contributed by atoms with Crippen LogP contribution < -0.4 is 5.32 Å². The number of carbonyl (C=O) groups is 1. The first-order valence-electron chi connectivity index (χ1n) is 5.89. The average molecular weight is 233 g/mol. The van der Waals surface area contributed by atoms with Crippen LogP contribution in [0.4, 0.5) is 8.78 Å². The van der Waals surface area contributed by atoms with Crippen LogP contribution in [0.25, 0.3) is 0 Å². The Morgan fingerprint density at radius 1 is 1.19 bits per heavy atom. The van der Waals surface area contributed by atoms with Crippen molar-refractivity contribution in [3.63, 3.8) is 0 Å². The lowest BCUT2D eigenvalue weighted by molar-refractivity contribution is -0.132. The molecule has 0 bridgehead atoms. The fourth-order valence-electron chi connectivity index (χ4n) is 2.37. The summed E-state index contributed by atoms with van der Waals surface area (Å²) in [6.45, 7) is 6.61. The Bertz CT molecular complexity index is 240. The van der Waals surface area contributed by atoms with E-state index in [0.717, 1.165) is 25.7 Å². The fraction of sp³-hybridized carbons (Fsp3) is 0.917. The molecule has 0 aromatic heterocycles. The number of carbonyl (C=O) groups excluding carboxylic acids is 1. The number of halogens is 2. The lowest BCUT2D eigenvalue weighted by Gasteiger charge is -2.37. The molecule has 1 saturated carbocycles. The molecule has 0 unspecified atom stereocenters. The van der Waals surface area contributed by atoms with Crippen molar-refractivity contribution < 1.29 is 13.6 Å². The SMILES string of the molecule is CC(C)(C)C1CCC(NC(=O)C(F)F)CC1. The minimum atomic E-state index is -2.89. The zero-order chi connectivity index (χ0) is 12.3. The van der Waals surface area contributed by atoms with Crippen LogP contribution in [0.1, 0.15) is 46.5 Å². The first kappa shape index (κ1) is 13.4. The number of amides is 1. The van der Waals surface area contributed by atoms with Crippen molar-refractivity contribution in [3.05, 3.63) is 0 Å². The van der Waals surface area contributed by atoms with Gasteiger partial charge >= 0.3 is 6.43 Å². The van der Waals surface area contributed by atoms with Crippen LogP contribution in [0.2, 0.25) is 0 Å². The molecule has 0 aromatic rings. The van der Waals surface area contributed by atoms with E-state index in [1.54, 1.807) is 0 Å². The van der Waals surface area contributed by atoms with Crippen LogP contribution in [0, 0.1) is 11.3 Å². The maximum Gasteiger partial charge on any atom is 0.315 e. The molecule has 1 rings (SSSR count). The van der Waals surface area contributed by atoms with Crippen molar-refractivity contribution in [1.29, 1.82) is 0 Å². The van der Waals surface area contributed by atoms with Crippen LogP contribution in [0.15, 0.2) is 0 Å². The van der Waals surface area contributed by atoms with E-state index in [9.17, 15) is 13.6 Å². The predicted octanol–water partition coefficient (Wildman–Crippen LogP) is 2.97. The summed E-state index contributed by atoms with van der Waals surface area (Å²) in [5.74, 6) is -0.494. The van der Waals surface area contributed by atoms with Gasteiger partial charge in [-0.1, -0.05) is 20.8 Å². The van der Waals surface area contributed by atoms with Gasteiger partial charge in [0.2, 0.25) is 0 Å². The first-order valence-corrected chi connectivity index (χ1v) is 5.89. The predicted molar refractivity (Wildman–Crippen MR) is 59.3 cm³/mol. The third kappa shape index (κ3) is 3.72. The third-order valence-corrected chi connectivity index (χ3v) is 3.50. The van der Waals surface area contributed by atoms with E-state index in [4.69, 9.17) is 0 Å². The molecule has 16 heavy (non-hydrogen) atoms. The Balaban J connectivity index is 2.35. The molecule has 0 aromatic carbocycles. The van der Waals surface area contributed by atoms with E-state index < -0.39 is 12.3 Å². The highest BCUT2D eigenvalue weighted by Crippen LogP contribution is 2.37. The molecule has 0 saturated heterocycles. The smallest absolute Gasteiger partial charge is 0.315 e. The lowest BCUT2D eigenvalue weighted by Crippen LogP contribution is -2.41. The van der Waals surface area contributed by atoms with Crippen LogP contribution in [0.3, 0.4) is 0 Å². The average Bonchev–Trinajstić information content (AvgIpc) is 2.17. The maximum absolute atomic E-state index is 12.0. The molecular formula is C12H21F2NO. The fourth-order valence-corrected chi connectivity index (χ4v) is 2.37. The van der Waals surface area contributed by atoms with Gasteiger partial charge < -0.3 is 5.32 Å². The summed E-state index contributed by atoms with van der Waals surface area (Å²) in [5, 5.41) is 2.40. The summed E-state index contributed by atoms with van der Waals surface area (Å²) in [4.78, 5) is 10.8. The minimum Gasteiger partial charge on any atom is -0.348 e. The highest BCUT2D eigenvalue weighted by molar-refractivity contribution is 5.79. The quantitative estimate of drug-likeness (QED) is 0.780. The lowest BCUT2D eigenvalue weighted by atomic mass is 9.71. The molecule has 1 aliphatic rings. The zero-order valence-corrected chi connectivity index (χ0v) is 10.2. The highest BCUT2D eigenvalue weighted by atomic mass is 19.3. The number of nitrogens with one attached hydrogen (secondary N) is 1. The molecule has 2 nitrogen and oxygen atoms in total. The molecule has 4 heteroatoms. The van der Waals surface area contributed by atoms with E-state index in [1.807, 2.05) is 0 Å². The first-order chi connectivity index (χ1) is 7.30. The van der Waals surface area contributed by atoms with Gasteiger partial charge in [0.15, 0.2) is 0 Å². The third-order valence-electron chi connectivity index (χ3n) is 3.50. The number of rotatable bonds is 2. The van der Waals surface area contributed by atoms with Gasteiger partial charge in [0.1, 0.15) is 0 Å². The Kier molecular flexibility index (Phi) is 4.28. The molecule has 1 aliphatic carbocycles. The molecular weight excluding hydrogens is 212 g/mol. The van der Waals surface area contributed by atoms with E-state index in [1.165, 1.54) is 0 Å². The number of hydrogen-bond acceptors (Lipinski definition) is 1. The Morgan fingerprint density at radius 2 is 1.69 bits per heavy atom. The molecule has 1 N–H and O–H groups in total. The van der Waals surface area contributed by atoms with Crippen molar-refractivity contribution >= 4 is 5.91 Å². The van der Waals surface area contributed by atoms with E-state index in [2.05, 4.69) is 26.1 Å². The molecule has 0 spiro atoms. The second kappa shape index (κ2) is 5.11. The summed E-state index contributed by atoms with van der Waals surface area (Å²) in [7, 11) is 0. The van der Waals surface area contributed by atoms with E-state index in [0.29, 0.717) is 5.92 Å². The maximum atomic E-state index is 12.0. The van der Waals surface area contributed by atoms with E-state index in [-0.39, 0.29) is 11.5 Å². The molecule has 0 heterocycles. The molecule has 1 fully saturated rings. The largest absolute Gasteiger partial charge is 0.348 e.